The molecule has 1 heterocycles. The Morgan fingerprint density at radius 3 is 3.00 bits per heavy atom. The van der Waals surface area contributed by atoms with E-state index in [1.54, 1.807) is 0 Å². The molecule has 1 N–H and O–H groups in total. The van der Waals surface area contributed by atoms with Crippen LogP contribution in [0.5, 0.6) is 0 Å². The Balaban J connectivity index is 1.78. The minimum Gasteiger partial charge on any atom is -0.351 e. The Morgan fingerprint density at radius 1 is 1.43 bits per heavy atom. The van der Waals surface area contributed by atoms with Crippen molar-refractivity contribution in [2.75, 3.05) is 13.1 Å². The average Bonchev–Trinajstić information content (AvgIpc) is 2.85. The highest BCUT2D eigenvalue weighted by Crippen LogP contribution is 2.15. The van der Waals surface area contributed by atoms with Crippen molar-refractivity contribution in [1.29, 1.82) is 0 Å². The van der Waals surface area contributed by atoms with Gasteiger partial charge in [0, 0.05) is 31.0 Å². The van der Waals surface area contributed by atoms with E-state index in [4.69, 9.17) is 11.6 Å². The van der Waals surface area contributed by atoms with Crippen LogP contribution in [0, 0.1) is 0 Å². The van der Waals surface area contributed by atoms with Crippen molar-refractivity contribution in [2.45, 2.75) is 38.6 Å². The summed E-state index contributed by atoms with van der Waals surface area (Å²) in [5.41, 5.74) is 1.11. The smallest absolute Gasteiger partial charge is 0.224 e. The van der Waals surface area contributed by atoms with Gasteiger partial charge >= 0.3 is 0 Å². The van der Waals surface area contributed by atoms with E-state index in [0.29, 0.717) is 31.0 Å². The SMILES string of the molecule is CC/C=C/CC(=O)N[C@H]1CC(=O)N(CCc2cccc(Cl)c2)C1. The number of likely N-dealkylation sites (tertiary alicyclic amines) is 1. The van der Waals surface area contributed by atoms with Crippen molar-refractivity contribution >= 4 is 23.4 Å². The fraction of sp³-hybridized carbons (Fsp3) is 0.444. The van der Waals surface area contributed by atoms with Crippen LogP contribution in [-0.4, -0.2) is 35.8 Å². The van der Waals surface area contributed by atoms with Crippen molar-refractivity contribution in [3.05, 3.63) is 47.0 Å². The number of halogens is 1. The molecule has 0 aliphatic carbocycles. The normalized spacial score (nSPS) is 17.9. The summed E-state index contributed by atoms with van der Waals surface area (Å²) in [6.07, 6.45) is 6.29. The van der Waals surface area contributed by atoms with Gasteiger partial charge in [-0.2, -0.15) is 0 Å². The van der Waals surface area contributed by atoms with Gasteiger partial charge in [0.1, 0.15) is 0 Å². The summed E-state index contributed by atoms with van der Waals surface area (Å²) >= 11 is 5.97. The van der Waals surface area contributed by atoms with Crippen molar-refractivity contribution in [1.82, 2.24) is 10.2 Å². The molecule has 4 nitrogen and oxygen atoms in total. The van der Waals surface area contributed by atoms with Gasteiger partial charge in [0.05, 0.1) is 6.04 Å². The summed E-state index contributed by atoms with van der Waals surface area (Å²) in [6, 6.07) is 7.60. The fourth-order valence-corrected chi connectivity index (χ4v) is 2.90. The van der Waals surface area contributed by atoms with E-state index < -0.39 is 0 Å². The molecule has 1 aliphatic heterocycles. The minimum absolute atomic E-state index is 0.0239. The third kappa shape index (κ3) is 5.71. The van der Waals surface area contributed by atoms with Crippen molar-refractivity contribution in [3.8, 4) is 0 Å². The molecule has 0 unspecified atom stereocenters. The summed E-state index contributed by atoms with van der Waals surface area (Å²) in [4.78, 5) is 25.7. The average molecular weight is 335 g/mol. The van der Waals surface area contributed by atoms with Gasteiger partial charge in [-0.05, 0) is 30.5 Å². The first-order valence-corrected chi connectivity index (χ1v) is 8.43. The maximum Gasteiger partial charge on any atom is 0.224 e. The molecule has 0 spiro atoms. The molecule has 1 aliphatic rings. The zero-order valence-corrected chi connectivity index (χ0v) is 14.2. The van der Waals surface area contributed by atoms with E-state index in [9.17, 15) is 9.59 Å². The lowest BCUT2D eigenvalue weighted by Gasteiger charge is -2.17. The summed E-state index contributed by atoms with van der Waals surface area (Å²) in [7, 11) is 0. The molecular formula is C18H23ClN2O2. The molecule has 1 aromatic rings. The van der Waals surface area contributed by atoms with E-state index in [1.165, 1.54) is 0 Å². The van der Waals surface area contributed by atoms with Gasteiger partial charge in [0.25, 0.3) is 0 Å². The van der Waals surface area contributed by atoms with Gasteiger partial charge in [-0.1, -0.05) is 42.8 Å². The third-order valence-corrected chi connectivity index (χ3v) is 4.08. The van der Waals surface area contributed by atoms with Crippen LogP contribution >= 0.6 is 11.6 Å². The lowest BCUT2D eigenvalue weighted by atomic mass is 10.1. The highest BCUT2D eigenvalue weighted by molar-refractivity contribution is 6.30. The number of carbonyl (C=O) groups is 2. The van der Waals surface area contributed by atoms with E-state index in [2.05, 4.69) is 5.32 Å². The Labute approximate surface area is 142 Å². The molecule has 1 aromatic carbocycles. The zero-order chi connectivity index (χ0) is 16.7. The molecular weight excluding hydrogens is 312 g/mol. The van der Waals surface area contributed by atoms with Gasteiger partial charge in [0.15, 0.2) is 0 Å². The van der Waals surface area contributed by atoms with E-state index in [-0.39, 0.29) is 17.9 Å². The number of carbonyl (C=O) groups excluding carboxylic acids is 2. The van der Waals surface area contributed by atoms with Gasteiger partial charge in [0.2, 0.25) is 11.8 Å². The predicted octanol–water partition coefficient (Wildman–Crippen LogP) is 2.96. The van der Waals surface area contributed by atoms with E-state index in [1.807, 2.05) is 48.2 Å². The Hall–Kier alpha value is -1.81. The summed E-state index contributed by atoms with van der Waals surface area (Å²) in [6.45, 7) is 3.27. The lowest BCUT2D eigenvalue weighted by Crippen LogP contribution is -2.37. The van der Waals surface area contributed by atoms with Crippen molar-refractivity contribution < 1.29 is 9.59 Å². The molecule has 0 aromatic heterocycles. The molecule has 2 rings (SSSR count). The van der Waals surface area contributed by atoms with Gasteiger partial charge in [-0.15, -0.1) is 0 Å². The number of rotatable bonds is 7. The number of hydrogen-bond donors (Lipinski definition) is 1. The largest absolute Gasteiger partial charge is 0.351 e. The molecule has 0 saturated carbocycles. The predicted molar refractivity (Wildman–Crippen MR) is 92.3 cm³/mol. The summed E-state index contributed by atoms with van der Waals surface area (Å²) in [5, 5.41) is 3.64. The maximum absolute atomic E-state index is 12.0. The fourth-order valence-electron chi connectivity index (χ4n) is 2.69. The molecule has 1 atom stereocenters. The van der Waals surface area contributed by atoms with E-state index >= 15 is 0 Å². The third-order valence-electron chi connectivity index (χ3n) is 3.84. The van der Waals surface area contributed by atoms with Crippen LogP contribution in [0.1, 0.15) is 31.7 Å². The van der Waals surface area contributed by atoms with Gasteiger partial charge in [-0.3, -0.25) is 9.59 Å². The first-order chi connectivity index (χ1) is 11.1. The molecule has 23 heavy (non-hydrogen) atoms. The number of allylic oxidation sites excluding steroid dienone is 1. The highest BCUT2D eigenvalue weighted by atomic mass is 35.5. The topological polar surface area (TPSA) is 49.4 Å². The standard InChI is InChI=1S/C18H23ClN2O2/c1-2-3-4-8-17(22)20-16-12-18(23)21(13-16)10-9-14-6-5-7-15(19)11-14/h3-7,11,16H,2,8-10,12-13H2,1H3,(H,20,22)/b4-3+/t16-/m0/s1. The van der Waals surface area contributed by atoms with Crippen LogP contribution in [0.4, 0.5) is 0 Å². The zero-order valence-electron chi connectivity index (χ0n) is 13.4. The molecule has 0 radical (unpaired) electrons. The quantitative estimate of drug-likeness (QED) is 0.779. The van der Waals surface area contributed by atoms with Crippen LogP contribution in [0.15, 0.2) is 36.4 Å². The van der Waals surface area contributed by atoms with Crippen LogP contribution in [-0.2, 0) is 16.0 Å². The number of nitrogens with one attached hydrogen (secondary N) is 1. The van der Waals surface area contributed by atoms with E-state index in [0.717, 1.165) is 18.4 Å². The van der Waals surface area contributed by atoms with Crippen molar-refractivity contribution in [2.24, 2.45) is 0 Å². The second-order valence-corrected chi connectivity index (χ2v) is 6.21. The summed E-state index contributed by atoms with van der Waals surface area (Å²) in [5.74, 6) is 0.0746. The first-order valence-electron chi connectivity index (χ1n) is 8.05. The molecule has 0 bridgehead atoms. The molecule has 2 amide bonds. The number of benzene rings is 1. The van der Waals surface area contributed by atoms with Gasteiger partial charge < -0.3 is 10.2 Å². The molecule has 1 saturated heterocycles. The monoisotopic (exact) mass is 334 g/mol. The summed E-state index contributed by atoms with van der Waals surface area (Å²) < 4.78 is 0. The number of hydrogen-bond acceptors (Lipinski definition) is 2. The Bertz CT molecular complexity index is 586. The van der Waals surface area contributed by atoms with Crippen LogP contribution < -0.4 is 5.32 Å². The molecule has 124 valence electrons. The van der Waals surface area contributed by atoms with Crippen LogP contribution in [0.2, 0.25) is 5.02 Å². The van der Waals surface area contributed by atoms with Crippen LogP contribution in [0.25, 0.3) is 0 Å². The second kappa shape index (κ2) is 8.73. The minimum atomic E-state index is -0.0793. The first kappa shape index (κ1) is 17.5. The second-order valence-electron chi connectivity index (χ2n) is 5.77. The van der Waals surface area contributed by atoms with Crippen molar-refractivity contribution in [3.63, 3.8) is 0 Å². The Kier molecular flexibility index (Phi) is 6.66. The Morgan fingerprint density at radius 2 is 2.26 bits per heavy atom. The van der Waals surface area contributed by atoms with Crippen LogP contribution in [0.3, 0.4) is 0 Å². The molecule has 1 fully saturated rings. The number of nitrogens with zero attached hydrogens (tertiary/aromatic N) is 1. The molecule has 5 heteroatoms. The number of amides is 2. The highest BCUT2D eigenvalue weighted by Gasteiger charge is 2.29. The maximum atomic E-state index is 12.0. The lowest BCUT2D eigenvalue weighted by molar-refractivity contribution is -0.127. The van der Waals surface area contributed by atoms with Gasteiger partial charge in [-0.25, -0.2) is 0 Å².